The van der Waals surface area contributed by atoms with E-state index in [1.807, 2.05) is 24.3 Å². The van der Waals surface area contributed by atoms with Crippen molar-refractivity contribution in [2.24, 2.45) is 0 Å². The molecule has 0 radical (unpaired) electrons. The van der Waals surface area contributed by atoms with E-state index in [-0.39, 0.29) is 36.0 Å². The highest BCUT2D eigenvalue weighted by Gasteiger charge is 2.29. The van der Waals surface area contributed by atoms with Crippen LogP contribution in [0, 0.1) is 10.1 Å². The summed E-state index contributed by atoms with van der Waals surface area (Å²) in [5.74, 6) is 0.0175. The summed E-state index contributed by atoms with van der Waals surface area (Å²) in [6.07, 6.45) is 0. The molecule has 0 saturated carbocycles. The van der Waals surface area contributed by atoms with Crippen molar-refractivity contribution in [3.05, 3.63) is 62.6 Å². The Morgan fingerprint density at radius 1 is 1.15 bits per heavy atom. The van der Waals surface area contributed by atoms with Gasteiger partial charge in [0.25, 0.3) is 0 Å². The molecule has 0 N–H and O–H groups in total. The summed E-state index contributed by atoms with van der Waals surface area (Å²) >= 11 is 3.33. The van der Waals surface area contributed by atoms with Gasteiger partial charge in [-0.25, -0.2) is 8.42 Å². The van der Waals surface area contributed by atoms with Crippen LogP contribution >= 0.6 is 15.9 Å². The highest BCUT2D eigenvalue weighted by molar-refractivity contribution is 9.10. The molecule has 0 amide bonds. The van der Waals surface area contributed by atoms with Crippen LogP contribution < -0.4 is 4.74 Å². The third-order valence-electron chi connectivity index (χ3n) is 4.04. The van der Waals surface area contributed by atoms with Gasteiger partial charge in [0.1, 0.15) is 6.61 Å². The number of nitro benzene ring substituents is 1. The Bertz CT molecular complexity index is 927. The molecule has 1 aliphatic heterocycles. The lowest BCUT2D eigenvalue weighted by atomic mass is 10.2. The number of morpholine rings is 1. The van der Waals surface area contributed by atoms with Crippen LogP contribution in [0.4, 0.5) is 5.69 Å². The summed E-state index contributed by atoms with van der Waals surface area (Å²) in [6, 6.07) is 11.0. The molecule has 2 aromatic rings. The lowest BCUT2D eigenvalue weighted by molar-refractivity contribution is -0.386. The quantitative estimate of drug-likeness (QED) is 0.489. The van der Waals surface area contributed by atoms with Gasteiger partial charge in [-0.1, -0.05) is 28.1 Å². The molecular formula is C17H17BrN2O6S. The fourth-order valence-corrected chi connectivity index (χ4v) is 4.29. The Morgan fingerprint density at radius 2 is 1.81 bits per heavy atom. The standard InChI is InChI=1S/C17H17BrN2O6S/c18-14-3-1-13(2-4-14)12-26-17-6-5-15(11-16(17)20(21)22)27(23,24)19-7-9-25-10-8-19/h1-6,11H,7-10,12H2. The van der Waals surface area contributed by atoms with Crippen LogP contribution in [-0.4, -0.2) is 43.9 Å². The van der Waals surface area contributed by atoms with Gasteiger partial charge in [0.2, 0.25) is 10.0 Å². The van der Waals surface area contributed by atoms with E-state index in [4.69, 9.17) is 9.47 Å². The largest absolute Gasteiger partial charge is 0.482 e. The molecule has 1 heterocycles. The van der Waals surface area contributed by atoms with Crippen LogP contribution in [0.2, 0.25) is 0 Å². The van der Waals surface area contributed by atoms with E-state index in [9.17, 15) is 18.5 Å². The van der Waals surface area contributed by atoms with Crippen molar-refractivity contribution in [3.8, 4) is 5.75 Å². The topological polar surface area (TPSA) is 99.0 Å². The Balaban J connectivity index is 1.84. The molecular weight excluding hydrogens is 440 g/mol. The van der Waals surface area contributed by atoms with Gasteiger partial charge in [0.05, 0.1) is 23.0 Å². The summed E-state index contributed by atoms with van der Waals surface area (Å²) in [5.41, 5.74) is 0.443. The fourth-order valence-electron chi connectivity index (χ4n) is 2.60. The minimum absolute atomic E-state index is 0.0175. The van der Waals surface area contributed by atoms with Crippen molar-refractivity contribution in [1.29, 1.82) is 0 Å². The normalized spacial score (nSPS) is 15.4. The molecule has 8 nitrogen and oxygen atoms in total. The number of hydrogen-bond acceptors (Lipinski definition) is 6. The fraction of sp³-hybridized carbons (Fsp3) is 0.294. The van der Waals surface area contributed by atoms with E-state index in [0.29, 0.717) is 13.2 Å². The molecule has 1 fully saturated rings. The van der Waals surface area contributed by atoms with Crippen molar-refractivity contribution in [2.75, 3.05) is 26.3 Å². The molecule has 1 aliphatic rings. The molecule has 0 spiro atoms. The zero-order chi connectivity index (χ0) is 19.4. The highest BCUT2D eigenvalue weighted by Crippen LogP contribution is 2.31. The zero-order valence-electron chi connectivity index (χ0n) is 14.2. The number of rotatable bonds is 6. The number of sulfonamides is 1. The number of nitrogens with zero attached hydrogens (tertiary/aromatic N) is 2. The van der Waals surface area contributed by atoms with Gasteiger partial charge < -0.3 is 9.47 Å². The summed E-state index contributed by atoms with van der Waals surface area (Å²) in [7, 11) is -3.82. The Morgan fingerprint density at radius 3 is 2.44 bits per heavy atom. The van der Waals surface area contributed by atoms with E-state index >= 15 is 0 Å². The zero-order valence-corrected chi connectivity index (χ0v) is 16.6. The van der Waals surface area contributed by atoms with E-state index in [1.54, 1.807) is 0 Å². The van der Waals surface area contributed by atoms with Gasteiger partial charge in [-0.05, 0) is 29.8 Å². The van der Waals surface area contributed by atoms with E-state index < -0.39 is 14.9 Å². The molecule has 10 heteroatoms. The number of ether oxygens (including phenoxy) is 2. The second-order valence-electron chi connectivity index (χ2n) is 5.82. The number of nitro groups is 1. The average molecular weight is 457 g/mol. The molecule has 1 saturated heterocycles. The van der Waals surface area contributed by atoms with E-state index in [2.05, 4.69) is 15.9 Å². The highest BCUT2D eigenvalue weighted by atomic mass is 79.9. The predicted octanol–water partition coefficient (Wildman–Crippen LogP) is 2.96. The smallest absolute Gasteiger partial charge is 0.312 e. The van der Waals surface area contributed by atoms with Gasteiger partial charge in [-0.15, -0.1) is 0 Å². The molecule has 2 aromatic carbocycles. The number of halogens is 1. The van der Waals surface area contributed by atoms with Crippen LogP contribution in [-0.2, 0) is 21.4 Å². The van der Waals surface area contributed by atoms with Crippen molar-refractivity contribution in [2.45, 2.75) is 11.5 Å². The number of benzene rings is 2. The van der Waals surface area contributed by atoms with Crippen molar-refractivity contribution < 1.29 is 22.8 Å². The second kappa shape index (κ2) is 8.34. The third kappa shape index (κ3) is 4.64. The van der Waals surface area contributed by atoms with E-state index in [1.165, 1.54) is 16.4 Å². The minimum atomic E-state index is -3.82. The first kappa shape index (κ1) is 19.7. The molecule has 3 rings (SSSR count). The Hall–Kier alpha value is -2.01. The van der Waals surface area contributed by atoms with Crippen LogP contribution in [0.25, 0.3) is 0 Å². The first-order valence-corrected chi connectivity index (χ1v) is 10.3. The molecule has 0 bridgehead atoms. The Kier molecular flexibility index (Phi) is 6.10. The molecule has 0 aliphatic carbocycles. The van der Waals surface area contributed by atoms with Crippen LogP contribution in [0.3, 0.4) is 0 Å². The summed E-state index contributed by atoms with van der Waals surface area (Å²) < 4.78 is 38.3. The van der Waals surface area contributed by atoms with Gasteiger partial charge in [-0.3, -0.25) is 10.1 Å². The lowest BCUT2D eigenvalue weighted by Crippen LogP contribution is -2.40. The maximum absolute atomic E-state index is 12.7. The van der Waals surface area contributed by atoms with Gasteiger partial charge in [-0.2, -0.15) is 4.31 Å². The van der Waals surface area contributed by atoms with Crippen molar-refractivity contribution in [3.63, 3.8) is 0 Å². The third-order valence-corrected chi connectivity index (χ3v) is 6.47. The lowest BCUT2D eigenvalue weighted by Gasteiger charge is -2.26. The molecule has 0 aromatic heterocycles. The van der Waals surface area contributed by atoms with Gasteiger partial charge >= 0.3 is 5.69 Å². The van der Waals surface area contributed by atoms with Gasteiger partial charge in [0.15, 0.2) is 5.75 Å². The predicted molar refractivity (Wildman–Crippen MR) is 101 cm³/mol. The van der Waals surface area contributed by atoms with Crippen molar-refractivity contribution in [1.82, 2.24) is 4.31 Å². The molecule has 0 atom stereocenters. The first-order chi connectivity index (χ1) is 12.9. The van der Waals surface area contributed by atoms with Crippen LogP contribution in [0.1, 0.15) is 5.56 Å². The van der Waals surface area contributed by atoms with Crippen LogP contribution in [0.5, 0.6) is 5.75 Å². The number of hydrogen-bond donors (Lipinski definition) is 0. The SMILES string of the molecule is O=[N+]([O-])c1cc(S(=O)(=O)N2CCOCC2)ccc1OCc1ccc(Br)cc1. The summed E-state index contributed by atoms with van der Waals surface area (Å²) in [6.45, 7) is 1.17. The van der Waals surface area contributed by atoms with Gasteiger partial charge in [0, 0.05) is 23.6 Å². The Labute approximate surface area is 165 Å². The summed E-state index contributed by atoms with van der Waals surface area (Å²) in [4.78, 5) is 10.6. The van der Waals surface area contributed by atoms with Crippen molar-refractivity contribution >= 4 is 31.6 Å². The first-order valence-electron chi connectivity index (χ1n) is 8.11. The monoisotopic (exact) mass is 456 g/mol. The van der Waals surface area contributed by atoms with Crippen LogP contribution in [0.15, 0.2) is 51.8 Å². The molecule has 144 valence electrons. The molecule has 27 heavy (non-hydrogen) atoms. The maximum atomic E-state index is 12.7. The average Bonchev–Trinajstić information content (AvgIpc) is 2.68. The maximum Gasteiger partial charge on any atom is 0.312 e. The molecule has 0 unspecified atom stereocenters. The van der Waals surface area contributed by atoms with E-state index in [0.717, 1.165) is 16.1 Å². The minimum Gasteiger partial charge on any atom is -0.482 e. The second-order valence-corrected chi connectivity index (χ2v) is 8.67. The summed E-state index contributed by atoms with van der Waals surface area (Å²) in [5, 5.41) is 11.4.